The van der Waals surface area contributed by atoms with Crippen LogP contribution in [0, 0.1) is 0 Å². The number of rotatable bonds is 7. The number of methoxy groups -OCH3 is 1. The molecule has 0 aliphatic heterocycles. The van der Waals surface area contributed by atoms with Gasteiger partial charge in [0.25, 0.3) is 5.91 Å². The van der Waals surface area contributed by atoms with Gasteiger partial charge < -0.3 is 19.5 Å². The van der Waals surface area contributed by atoms with Crippen molar-refractivity contribution in [1.82, 2.24) is 0 Å². The number of ether oxygens (including phenoxy) is 3. The van der Waals surface area contributed by atoms with Gasteiger partial charge in [-0.3, -0.25) is 4.79 Å². The molecule has 142 valence electrons. The Bertz CT molecular complexity index is 921. The summed E-state index contributed by atoms with van der Waals surface area (Å²) in [6.45, 7) is -0.141. The Balaban J connectivity index is 1.48. The maximum absolute atomic E-state index is 12.0. The zero-order chi connectivity index (χ0) is 19.8. The van der Waals surface area contributed by atoms with Crippen molar-refractivity contribution >= 4 is 17.6 Å². The van der Waals surface area contributed by atoms with E-state index in [1.165, 1.54) is 7.11 Å². The molecule has 0 heterocycles. The summed E-state index contributed by atoms with van der Waals surface area (Å²) in [4.78, 5) is 23.4. The Morgan fingerprint density at radius 1 is 0.786 bits per heavy atom. The molecule has 0 bridgehead atoms. The average molecular weight is 377 g/mol. The van der Waals surface area contributed by atoms with Crippen LogP contribution in [-0.4, -0.2) is 25.6 Å². The number of carbonyl (C=O) groups excluding carboxylic acids is 2. The van der Waals surface area contributed by atoms with Crippen molar-refractivity contribution in [2.75, 3.05) is 19.0 Å². The molecule has 0 radical (unpaired) electrons. The van der Waals surface area contributed by atoms with E-state index in [0.29, 0.717) is 22.7 Å². The van der Waals surface area contributed by atoms with Gasteiger partial charge in [-0.25, -0.2) is 4.79 Å². The number of hydrogen-bond acceptors (Lipinski definition) is 5. The van der Waals surface area contributed by atoms with E-state index in [9.17, 15) is 9.59 Å². The monoisotopic (exact) mass is 377 g/mol. The number of para-hydroxylation sites is 1. The molecule has 0 spiro atoms. The molecule has 6 nitrogen and oxygen atoms in total. The highest BCUT2D eigenvalue weighted by atomic mass is 16.5. The number of carbonyl (C=O) groups is 2. The Morgan fingerprint density at radius 3 is 2.04 bits per heavy atom. The molecule has 0 fully saturated rings. The Labute approximate surface area is 162 Å². The lowest BCUT2D eigenvalue weighted by molar-refractivity contribution is -0.118. The van der Waals surface area contributed by atoms with Gasteiger partial charge in [0, 0.05) is 5.69 Å². The van der Waals surface area contributed by atoms with Gasteiger partial charge in [0.05, 0.1) is 12.7 Å². The minimum atomic E-state index is -0.430. The van der Waals surface area contributed by atoms with Gasteiger partial charge >= 0.3 is 5.97 Å². The molecule has 0 aliphatic rings. The summed E-state index contributed by atoms with van der Waals surface area (Å²) >= 11 is 0. The number of benzene rings is 3. The van der Waals surface area contributed by atoms with Crippen molar-refractivity contribution in [3.63, 3.8) is 0 Å². The zero-order valence-corrected chi connectivity index (χ0v) is 15.3. The normalized spacial score (nSPS) is 10.0. The van der Waals surface area contributed by atoms with E-state index in [4.69, 9.17) is 9.47 Å². The molecule has 0 unspecified atom stereocenters. The summed E-state index contributed by atoms with van der Waals surface area (Å²) in [5.74, 6) is 1.23. The summed E-state index contributed by atoms with van der Waals surface area (Å²) in [6, 6.07) is 22.9. The van der Waals surface area contributed by atoms with Crippen LogP contribution in [-0.2, 0) is 9.53 Å². The standard InChI is InChI=1S/C22H19NO5/c1-26-22(25)16-7-9-17(10-8-16)23-21(24)15-27-18-11-13-20(14-12-18)28-19-5-3-2-4-6-19/h2-14H,15H2,1H3,(H,23,24). The highest BCUT2D eigenvalue weighted by molar-refractivity contribution is 5.93. The SMILES string of the molecule is COC(=O)c1ccc(NC(=O)COc2ccc(Oc3ccccc3)cc2)cc1. The van der Waals surface area contributed by atoms with E-state index >= 15 is 0 Å². The third kappa shape index (κ3) is 5.35. The Kier molecular flexibility index (Phi) is 6.25. The van der Waals surface area contributed by atoms with Crippen LogP contribution >= 0.6 is 0 Å². The molecule has 6 heteroatoms. The van der Waals surface area contributed by atoms with Gasteiger partial charge in [0.2, 0.25) is 0 Å². The van der Waals surface area contributed by atoms with Crippen molar-refractivity contribution in [2.24, 2.45) is 0 Å². The second-order valence-corrected chi connectivity index (χ2v) is 5.79. The Morgan fingerprint density at radius 2 is 1.39 bits per heavy atom. The second kappa shape index (κ2) is 9.23. The fraction of sp³-hybridized carbons (Fsp3) is 0.0909. The zero-order valence-electron chi connectivity index (χ0n) is 15.3. The lowest BCUT2D eigenvalue weighted by Gasteiger charge is -2.09. The minimum absolute atomic E-state index is 0.141. The summed E-state index contributed by atoms with van der Waals surface area (Å²) in [6.07, 6.45) is 0. The molecular weight excluding hydrogens is 358 g/mol. The van der Waals surface area contributed by atoms with Crippen molar-refractivity contribution < 1.29 is 23.8 Å². The molecule has 28 heavy (non-hydrogen) atoms. The molecule has 0 aliphatic carbocycles. The van der Waals surface area contributed by atoms with E-state index in [2.05, 4.69) is 10.1 Å². The quantitative estimate of drug-likeness (QED) is 0.622. The topological polar surface area (TPSA) is 73.9 Å². The summed E-state index contributed by atoms with van der Waals surface area (Å²) in [5.41, 5.74) is 0.974. The summed E-state index contributed by atoms with van der Waals surface area (Å²) < 4.78 is 15.8. The number of amides is 1. The van der Waals surface area contributed by atoms with E-state index in [1.54, 1.807) is 48.5 Å². The van der Waals surface area contributed by atoms with Crippen molar-refractivity contribution in [1.29, 1.82) is 0 Å². The highest BCUT2D eigenvalue weighted by Gasteiger charge is 2.07. The highest BCUT2D eigenvalue weighted by Crippen LogP contribution is 2.23. The average Bonchev–Trinajstić information content (AvgIpc) is 2.74. The number of anilines is 1. The minimum Gasteiger partial charge on any atom is -0.484 e. The first kappa shape index (κ1) is 19.0. The summed E-state index contributed by atoms with van der Waals surface area (Å²) in [5, 5.41) is 2.70. The first-order chi connectivity index (χ1) is 13.6. The largest absolute Gasteiger partial charge is 0.484 e. The van der Waals surface area contributed by atoms with Crippen LogP contribution < -0.4 is 14.8 Å². The van der Waals surface area contributed by atoms with Crippen LogP contribution in [0.15, 0.2) is 78.9 Å². The fourth-order valence-corrected chi connectivity index (χ4v) is 2.38. The van der Waals surface area contributed by atoms with Crippen LogP contribution in [0.4, 0.5) is 5.69 Å². The number of esters is 1. The lowest BCUT2D eigenvalue weighted by atomic mass is 10.2. The van der Waals surface area contributed by atoms with Crippen LogP contribution in [0.3, 0.4) is 0 Å². The Hall–Kier alpha value is -3.80. The van der Waals surface area contributed by atoms with Gasteiger partial charge in [-0.15, -0.1) is 0 Å². The molecule has 3 aromatic rings. The second-order valence-electron chi connectivity index (χ2n) is 5.79. The van der Waals surface area contributed by atoms with Crippen LogP contribution in [0.25, 0.3) is 0 Å². The molecule has 0 saturated heterocycles. The first-order valence-electron chi connectivity index (χ1n) is 8.58. The van der Waals surface area contributed by atoms with Gasteiger partial charge in [-0.05, 0) is 60.7 Å². The van der Waals surface area contributed by atoms with Gasteiger partial charge in [0.15, 0.2) is 6.61 Å². The van der Waals surface area contributed by atoms with Crippen molar-refractivity contribution in [2.45, 2.75) is 0 Å². The van der Waals surface area contributed by atoms with E-state index < -0.39 is 5.97 Å². The van der Waals surface area contributed by atoms with Crippen LogP contribution in [0.1, 0.15) is 10.4 Å². The van der Waals surface area contributed by atoms with Gasteiger partial charge in [0.1, 0.15) is 17.2 Å². The molecule has 0 aromatic heterocycles. The third-order valence-corrected chi connectivity index (χ3v) is 3.76. The maximum atomic E-state index is 12.0. The van der Waals surface area contributed by atoms with E-state index in [-0.39, 0.29) is 12.5 Å². The molecular formula is C22H19NO5. The predicted octanol–water partition coefficient (Wildman–Crippen LogP) is 4.28. The molecule has 3 rings (SSSR count). The molecule has 0 atom stereocenters. The molecule has 1 N–H and O–H groups in total. The third-order valence-electron chi connectivity index (χ3n) is 3.76. The predicted molar refractivity (Wildman–Crippen MR) is 105 cm³/mol. The van der Waals surface area contributed by atoms with Crippen molar-refractivity contribution in [3.05, 3.63) is 84.4 Å². The van der Waals surface area contributed by atoms with Crippen LogP contribution in [0.2, 0.25) is 0 Å². The van der Waals surface area contributed by atoms with E-state index in [0.717, 1.165) is 5.75 Å². The molecule has 0 saturated carbocycles. The first-order valence-corrected chi connectivity index (χ1v) is 8.58. The van der Waals surface area contributed by atoms with Gasteiger partial charge in [-0.2, -0.15) is 0 Å². The molecule has 1 amide bonds. The van der Waals surface area contributed by atoms with Crippen LogP contribution in [0.5, 0.6) is 17.2 Å². The fourth-order valence-electron chi connectivity index (χ4n) is 2.38. The number of nitrogens with one attached hydrogen (secondary N) is 1. The number of hydrogen-bond donors (Lipinski definition) is 1. The van der Waals surface area contributed by atoms with Gasteiger partial charge in [-0.1, -0.05) is 18.2 Å². The van der Waals surface area contributed by atoms with Crippen molar-refractivity contribution in [3.8, 4) is 17.2 Å². The molecule has 3 aromatic carbocycles. The van der Waals surface area contributed by atoms with E-state index in [1.807, 2.05) is 30.3 Å². The maximum Gasteiger partial charge on any atom is 0.337 e. The lowest BCUT2D eigenvalue weighted by Crippen LogP contribution is -2.20. The summed E-state index contributed by atoms with van der Waals surface area (Å²) in [7, 11) is 1.32. The smallest absolute Gasteiger partial charge is 0.337 e.